The van der Waals surface area contributed by atoms with Crippen molar-refractivity contribution in [3.8, 4) is 0 Å². The van der Waals surface area contributed by atoms with E-state index >= 15 is 0 Å². The van der Waals surface area contributed by atoms with Gasteiger partial charge in [-0.25, -0.2) is 13.2 Å². The number of rotatable bonds is 8. The first kappa shape index (κ1) is 18.4. The van der Waals surface area contributed by atoms with Crippen LogP contribution < -0.4 is 10.6 Å². The summed E-state index contributed by atoms with van der Waals surface area (Å²) in [7, 11) is -0.501. The van der Waals surface area contributed by atoms with Crippen molar-refractivity contribution in [1.82, 2.24) is 14.9 Å². The van der Waals surface area contributed by atoms with E-state index in [2.05, 4.69) is 10.6 Å². The molecule has 124 valence electrons. The van der Waals surface area contributed by atoms with Crippen LogP contribution in [0, 0.1) is 6.92 Å². The van der Waals surface area contributed by atoms with Gasteiger partial charge in [0.05, 0.1) is 11.5 Å². The first-order valence-corrected chi connectivity index (χ1v) is 8.35. The second-order valence-corrected chi connectivity index (χ2v) is 6.86. The highest BCUT2D eigenvalue weighted by molar-refractivity contribution is 7.89. The van der Waals surface area contributed by atoms with Gasteiger partial charge < -0.3 is 15.4 Å². The van der Waals surface area contributed by atoms with Crippen molar-refractivity contribution in [3.05, 3.63) is 29.8 Å². The number of nitrogens with zero attached hydrogens (tertiary/aromatic N) is 1. The highest BCUT2D eigenvalue weighted by Gasteiger charge is 2.20. The molecule has 0 spiro atoms. The van der Waals surface area contributed by atoms with E-state index in [0.717, 1.165) is 5.56 Å². The molecule has 8 heteroatoms. The largest absolute Gasteiger partial charge is 0.383 e. The molecule has 0 saturated heterocycles. The predicted molar refractivity (Wildman–Crippen MR) is 84.3 cm³/mol. The minimum Gasteiger partial charge on any atom is -0.383 e. The number of amides is 2. The fourth-order valence-corrected chi connectivity index (χ4v) is 2.84. The summed E-state index contributed by atoms with van der Waals surface area (Å²) < 4.78 is 30.6. The first-order valence-electron chi connectivity index (χ1n) is 6.91. The number of urea groups is 1. The normalized spacial score (nSPS) is 11.5. The highest BCUT2D eigenvalue weighted by atomic mass is 32.2. The second-order valence-electron chi connectivity index (χ2n) is 4.82. The van der Waals surface area contributed by atoms with Gasteiger partial charge in [-0.2, -0.15) is 4.31 Å². The summed E-state index contributed by atoms with van der Waals surface area (Å²) in [6, 6.07) is 6.31. The average molecular weight is 329 g/mol. The van der Waals surface area contributed by atoms with E-state index in [4.69, 9.17) is 4.74 Å². The van der Waals surface area contributed by atoms with Crippen LogP contribution in [0.15, 0.2) is 29.2 Å². The van der Waals surface area contributed by atoms with Gasteiger partial charge in [0.2, 0.25) is 10.0 Å². The Morgan fingerprint density at radius 3 is 2.36 bits per heavy atom. The number of likely N-dealkylation sites (N-methyl/N-ethyl adjacent to an activating group) is 1. The van der Waals surface area contributed by atoms with Crippen LogP contribution in [0.2, 0.25) is 0 Å². The molecule has 2 N–H and O–H groups in total. The number of hydrogen-bond donors (Lipinski definition) is 2. The highest BCUT2D eigenvalue weighted by Crippen LogP contribution is 2.14. The molecule has 1 aromatic carbocycles. The van der Waals surface area contributed by atoms with E-state index in [-0.39, 0.29) is 24.0 Å². The number of carbonyl (C=O) groups excluding carboxylic acids is 1. The topological polar surface area (TPSA) is 87.7 Å². The zero-order valence-corrected chi connectivity index (χ0v) is 13.9. The Morgan fingerprint density at radius 2 is 1.77 bits per heavy atom. The molecule has 1 rings (SSSR count). The lowest BCUT2D eigenvalue weighted by atomic mass is 10.2. The van der Waals surface area contributed by atoms with Gasteiger partial charge in [-0.1, -0.05) is 17.7 Å². The summed E-state index contributed by atoms with van der Waals surface area (Å²) in [5.74, 6) is 0. The summed E-state index contributed by atoms with van der Waals surface area (Å²) in [5, 5.41) is 5.18. The standard InChI is InChI=1S/C14H23N3O4S/c1-12-4-6-13(7-5-12)22(19,20)17(2)10-8-15-14(18)16-9-11-21-3/h4-7H,8-11H2,1-3H3,(H2,15,16,18). The van der Waals surface area contributed by atoms with Crippen molar-refractivity contribution >= 4 is 16.1 Å². The van der Waals surface area contributed by atoms with Gasteiger partial charge in [0.25, 0.3) is 0 Å². The van der Waals surface area contributed by atoms with Gasteiger partial charge in [0.1, 0.15) is 0 Å². The summed E-state index contributed by atoms with van der Waals surface area (Å²) >= 11 is 0. The summed E-state index contributed by atoms with van der Waals surface area (Å²) in [4.78, 5) is 11.7. The molecule has 0 atom stereocenters. The number of benzene rings is 1. The van der Waals surface area contributed by atoms with E-state index < -0.39 is 10.0 Å². The van der Waals surface area contributed by atoms with Crippen molar-refractivity contribution < 1.29 is 17.9 Å². The van der Waals surface area contributed by atoms with Crippen LogP contribution in [0.5, 0.6) is 0 Å². The van der Waals surface area contributed by atoms with Crippen molar-refractivity contribution in [3.63, 3.8) is 0 Å². The fraction of sp³-hybridized carbons (Fsp3) is 0.500. The van der Waals surface area contributed by atoms with Crippen molar-refractivity contribution in [2.45, 2.75) is 11.8 Å². The molecule has 0 aliphatic heterocycles. The van der Waals surface area contributed by atoms with Crippen LogP contribution in [-0.2, 0) is 14.8 Å². The Bertz CT molecular complexity index is 572. The lowest BCUT2D eigenvalue weighted by Crippen LogP contribution is -2.41. The molecule has 0 radical (unpaired) electrons. The van der Waals surface area contributed by atoms with E-state index in [1.165, 1.54) is 11.4 Å². The van der Waals surface area contributed by atoms with Crippen molar-refractivity contribution in [2.75, 3.05) is 40.4 Å². The van der Waals surface area contributed by atoms with Crippen LogP contribution in [-0.4, -0.2) is 59.2 Å². The molecule has 7 nitrogen and oxygen atoms in total. The molecule has 0 aliphatic rings. The average Bonchev–Trinajstić information content (AvgIpc) is 2.47. The molecular weight excluding hydrogens is 306 g/mol. The predicted octanol–water partition coefficient (Wildman–Crippen LogP) is 0.561. The smallest absolute Gasteiger partial charge is 0.314 e. The van der Waals surface area contributed by atoms with Crippen molar-refractivity contribution in [1.29, 1.82) is 0 Å². The third kappa shape index (κ3) is 5.63. The van der Waals surface area contributed by atoms with Gasteiger partial charge in [-0.15, -0.1) is 0 Å². The summed E-state index contributed by atoms with van der Waals surface area (Å²) in [6.07, 6.45) is 0. The molecule has 0 aromatic heterocycles. The quantitative estimate of drug-likeness (QED) is 0.682. The summed E-state index contributed by atoms with van der Waals surface area (Å²) in [6.45, 7) is 3.13. The molecule has 0 unspecified atom stereocenters. The van der Waals surface area contributed by atoms with Crippen LogP contribution in [0.25, 0.3) is 0 Å². The monoisotopic (exact) mass is 329 g/mol. The van der Waals surface area contributed by atoms with Gasteiger partial charge in [0.15, 0.2) is 0 Å². The molecule has 0 aliphatic carbocycles. The van der Waals surface area contributed by atoms with Gasteiger partial charge >= 0.3 is 6.03 Å². The van der Waals surface area contributed by atoms with Crippen LogP contribution in [0.1, 0.15) is 5.56 Å². The van der Waals surface area contributed by atoms with E-state index in [1.54, 1.807) is 31.4 Å². The summed E-state index contributed by atoms with van der Waals surface area (Å²) in [5.41, 5.74) is 0.996. The number of carbonyl (C=O) groups is 1. The molecule has 2 amide bonds. The molecule has 0 heterocycles. The van der Waals surface area contributed by atoms with Crippen LogP contribution in [0.4, 0.5) is 4.79 Å². The Hall–Kier alpha value is -1.64. The van der Waals surface area contributed by atoms with Gasteiger partial charge in [0, 0.05) is 33.8 Å². The molecular formula is C14H23N3O4S. The van der Waals surface area contributed by atoms with E-state index in [0.29, 0.717) is 13.2 Å². The maximum absolute atomic E-state index is 12.3. The zero-order valence-electron chi connectivity index (χ0n) is 13.1. The number of aryl methyl sites for hydroxylation is 1. The SMILES string of the molecule is COCCNC(=O)NCCN(C)S(=O)(=O)c1ccc(C)cc1. The lowest BCUT2D eigenvalue weighted by molar-refractivity contribution is 0.196. The number of ether oxygens (including phenoxy) is 1. The number of hydrogen-bond acceptors (Lipinski definition) is 4. The van der Waals surface area contributed by atoms with Crippen LogP contribution in [0.3, 0.4) is 0 Å². The minimum atomic E-state index is -3.53. The van der Waals surface area contributed by atoms with Crippen molar-refractivity contribution in [2.24, 2.45) is 0 Å². The Morgan fingerprint density at radius 1 is 1.18 bits per heavy atom. The van der Waals surface area contributed by atoms with Crippen LogP contribution >= 0.6 is 0 Å². The molecule has 1 aromatic rings. The van der Waals surface area contributed by atoms with E-state index in [1.807, 2.05) is 6.92 Å². The third-order valence-corrected chi connectivity index (χ3v) is 4.90. The first-order chi connectivity index (χ1) is 10.4. The second kappa shape index (κ2) is 8.72. The Kier molecular flexibility index (Phi) is 7.30. The van der Waals surface area contributed by atoms with Gasteiger partial charge in [-0.3, -0.25) is 0 Å². The molecule has 22 heavy (non-hydrogen) atoms. The maximum Gasteiger partial charge on any atom is 0.314 e. The number of methoxy groups -OCH3 is 1. The molecule has 0 fully saturated rings. The Labute approximate surface area is 131 Å². The minimum absolute atomic E-state index is 0.188. The fourth-order valence-electron chi connectivity index (χ4n) is 1.67. The number of sulfonamides is 1. The molecule has 0 bridgehead atoms. The Balaban J connectivity index is 2.45. The molecule has 0 saturated carbocycles. The van der Waals surface area contributed by atoms with Gasteiger partial charge in [-0.05, 0) is 19.1 Å². The zero-order chi connectivity index (χ0) is 16.6. The lowest BCUT2D eigenvalue weighted by Gasteiger charge is -2.17. The maximum atomic E-state index is 12.3. The van der Waals surface area contributed by atoms with E-state index in [9.17, 15) is 13.2 Å². The number of nitrogens with one attached hydrogen (secondary N) is 2. The third-order valence-electron chi connectivity index (χ3n) is 3.03.